The van der Waals surface area contributed by atoms with E-state index in [-0.39, 0.29) is 24.0 Å². The fourth-order valence-electron chi connectivity index (χ4n) is 2.55. The highest BCUT2D eigenvalue weighted by molar-refractivity contribution is 5.91. The van der Waals surface area contributed by atoms with Crippen molar-refractivity contribution < 1.29 is 9.32 Å². The van der Waals surface area contributed by atoms with E-state index in [4.69, 9.17) is 4.52 Å². The summed E-state index contributed by atoms with van der Waals surface area (Å²) in [5.74, 6) is 0.671. The quantitative estimate of drug-likeness (QED) is 0.805. The molecule has 1 aliphatic heterocycles. The lowest BCUT2D eigenvalue weighted by atomic mass is 10.2. The maximum atomic E-state index is 12.3. The second-order valence-corrected chi connectivity index (χ2v) is 5.10. The molecule has 21 heavy (non-hydrogen) atoms. The average molecular weight is 291 g/mol. The van der Waals surface area contributed by atoms with E-state index < -0.39 is 0 Å². The highest BCUT2D eigenvalue weighted by atomic mass is 16.5. The Balaban J connectivity index is 2.00. The van der Waals surface area contributed by atoms with Crippen LogP contribution in [0.3, 0.4) is 0 Å². The van der Waals surface area contributed by atoms with Crippen LogP contribution in [0.4, 0.5) is 0 Å². The number of carbonyl (C=O) groups is 1. The second-order valence-electron chi connectivity index (χ2n) is 5.10. The SMILES string of the molecule is CCN1CCn2c(nn(Cc3c(C)noc3C)c2=O)C1=O. The van der Waals surface area contributed by atoms with Gasteiger partial charge in [-0.1, -0.05) is 5.16 Å². The van der Waals surface area contributed by atoms with E-state index in [0.717, 1.165) is 11.3 Å². The lowest BCUT2D eigenvalue weighted by Crippen LogP contribution is -2.42. The molecule has 2 aromatic heterocycles. The summed E-state index contributed by atoms with van der Waals surface area (Å²) in [5, 5.41) is 8.06. The summed E-state index contributed by atoms with van der Waals surface area (Å²) in [5.41, 5.74) is 1.29. The smallest absolute Gasteiger partial charge is 0.346 e. The maximum Gasteiger partial charge on any atom is 0.346 e. The minimum Gasteiger partial charge on any atom is -0.361 e. The summed E-state index contributed by atoms with van der Waals surface area (Å²) in [4.78, 5) is 26.2. The van der Waals surface area contributed by atoms with Crippen molar-refractivity contribution in [1.29, 1.82) is 0 Å². The Morgan fingerprint density at radius 1 is 1.24 bits per heavy atom. The molecular weight excluding hydrogens is 274 g/mol. The van der Waals surface area contributed by atoms with Crippen LogP contribution >= 0.6 is 0 Å². The molecule has 0 saturated carbocycles. The van der Waals surface area contributed by atoms with Gasteiger partial charge in [-0.25, -0.2) is 9.48 Å². The van der Waals surface area contributed by atoms with Gasteiger partial charge in [0.25, 0.3) is 5.91 Å². The van der Waals surface area contributed by atoms with E-state index in [2.05, 4.69) is 10.3 Å². The van der Waals surface area contributed by atoms with E-state index in [1.54, 1.807) is 11.8 Å². The summed E-state index contributed by atoms with van der Waals surface area (Å²) in [6, 6.07) is 0. The molecule has 0 unspecified atom stereocenters. The topological polar surface area (TPSA) is 86.2 Å². The molecule has 1 aliphatic rings. The molecule has 0 aliphatic carbocycles. The molecule has 2 aromatic rings. The van der Waals surface area contributed by atoms with Gasteiger partial charge < -0.3 is 9.42 Å². The zero-order chi connectivity index (χ0) is 15.1. The number of hydrogen-bond donors (Lipinski definition) is 0. The number of fused-ring (bicyclic) bond motifs is 1. The standard InChI is InChI=1S/C13H17N5O3/c1-4-16-5-6-17-11(12(16)19)14-18(13(17)20)7-10-8(2)15-21-9(10)3/h4-7H2,1-3H3. The summed E-state index contributed by atoms with van der Waals surface area (Å²) < 4.78 is 7.83. The van der Waals surface area contributed by atoms with Gasteiger partial charge in [-0.15, -0.1) is 5.10 Å². The fraction of sp³-hybridized carbons (Fsp3) is 0.538. The first-order chi connectivity index (χ1) is 10.0. The Morgan fingerprint density at radius 3 is 2.62 bits per heavy atom. The van der Waals surface area contributed by atoms with E-state index >= 15 is 0 Å². The third kappa shape index (κ3) is 2.07. The van der Waals surface area contributed by atoms with Crippen LogP contribution in [-0.4, -0.2) is 43.4 Å². The van der Waals surface area contributed by atoms with Gasteiger partial charge in [-0.2, -0.15) is 0 Å². The molecule has 112 valence electrons. The minimum absolute atomic E-state index is 0.196. The number of hydrogen-bond acceptors (Lipinski definition) is 5. The van der Waals surface area contributed by atoms with Crippen molar-refractivity contribution in [2.75, 3.05) is 13.1 Å². The number of carbonyl (C=O) groups excluding carboxylic acids is 1. The fourth-order valence-corrected chi connectivity index (χ4v) is 2.55. The van der Waals surface area contributed by atoms with E-state index in [0.29, 0.717) is 25.4 Å². The van der Waals surface area contributed by atoms with E-state index in [1.807, 2.05) is 13.8 Å². The molecule has 3 rings (SSSR count). The third-order valence-corrected chi connectivity index (χ3v) is 3.87. The second kappa shape index (κ2) is 4.87. The van der Waals surface area contributed by atoms with Gasteiger partial charge in [0.15, 0.2) is 0 Å². The van der Waals surface area contributed by atoms with Crippen LogP contribution in [-0.2, 0) is 13.1 Å². The monoisotopic (exact) mass is 291 g/mol. The Kier molecular flexibility index (Phi) is 3.15. The zero-order valence-corrected chi connectivity index (χ0v) is 12.3. The van der Waals surface area contributed by atoms with Crippen LogP contribution in [0.25, 0.3) is 0 Å². The first-order valence-corrected chi connectivity index (χ1v) is 6.91. The molecule has 0 fully saturated rings. The maximum absolute atomic E-state index is 12.3. The van der Waals surface area contributed by atoms with Crippen LogP contribution in [0, 0.1) is 13.8 Å². The zero-order valence-electron chi connectivity index (χ0n) is 12.3. The number of nitrogens with zero attached hydrogens (tertiary/aromatic N) is 5. The summed E-state index contributed by atoms with van der Waals surface area (Å²) in [7, 11) is 0. The molecule has 8 heteroatoms. The lowest BCUT2D eigenvalue weighted by molar-refractivity contribution is 0.0705. The van der Waals surface area contributed by atoms with Crippen molar-refractivity contribution in [2.24, 2.45) is 0 Å². The van der Waals surface area contributed by atoms with Crippen molar-refractivity contribution in [3.63, 3.8) is 0 Å². The highest BCUT2D eigenvalue weighted by Crippen LogP contribution is 2.14. The Bertz CT molecular complexity index is 735. The molecule has 0 aromatic carbocycles. The van der Waals surface area contributed by atoms with Gasteiger partial charge in [0.05, 0.1) is 12.2 Å². The van der Waals surface area contributed by atoms with Crippen LogP contribution in [0.1, 0.15) is 34.6 Å². The van der Waals surface area contributed by atoms with Gasteiger partial charge in [-0.05, 0) is 20.8 Å². The van der Waals surface area contributed by atoms with Gasteiger partial charge in [0.1, 0.15) is 5.76 Å². The van der Waals surface area contributed by atoms with Crippen molar-refractivity contribution in [1.82, 2.24) is 24.4 Å². The number of rotatable bonds is 3. The Morgan fingerprint density at radius 2 is 2.00 bits per heavy atom. The van der Waals surface area contributed by atoms with E-state index in [9.17, 15) is 9.59 Å². The van der Waals surface area contributed by atoms with Crippen LogP contribution in [0.5, 0.6) is 0 Å². The normalized spacial score (nSPS) is 14.6. The largest absolute Gasteiger partial charge is 0.361 e. The van der Waals surface area contributed by atoms with Crippen molar-refractivity contribution >= 4 is 5.91 Å². The van der Waals surface area contributed by atoms with Gasteiger partial charge in [0.2, 0.25) is 5.82 Å². The van der Waals surface area contributed by atoms with E-state index in [1.165, 1.54) is 9.25 Å². The molecular formula is C13H17N5O3. The number of likely N-dealkylation sites (N-methyl/N-ethyl adjacent to an activating group) is 1. The van der Waals surface area contributed by atoms with Crippen molar-refractivity contribution in [3.05, 3.63) is 33.3 Å². The number of aryl methyl sites for hydroxylation is 2. The molecule has 3 heterocycles. The molecule has 0 radical (unpaired) electrons. The Labute approximate surface area is 120 Å². The lowest BCUT2D eigenvalue weighted by Gasteiger charge is -2.24. The highest BCUT2D eigenvalue weighted by Gasteiger charge is 2.28. The van der Waals surface area contributed by atoms with Crippen molar-refractivity contribution in [3.8, 4) is 0 Å². The van der Waals surface area contributed by atoms with Crippen LogP contribution in [0.15, 0.2) is 9.32 Å². The predicted molar refractivity (Wildman–Crippen MR) is 73.1 cm³/mol. The molecule has 0 atom stereocenters. The summed E-state index contributed by atoms with van der Waals surface area (Å²) in [6.07, 6.45) is 0. The first-order valence-electron chi connectivity index (χ1n) is 6.91. The Hall–Kier alpha value is -2.38. The predicted octanol–water partition coefficient (Wildman–Crippen LogP) is 0.174. The molecule has 8 nitrogen and oxygen atoms in total. The molecule has 0 saturated heterocycles. The van der Waals surface area contributed by atoms with Crippen LogP contribution < -0.4 is 5.69 Å². The number of amides is 1. The summed E-state index contributed by atoms with van der Waals surface area (Å²) in [6.45, 7) is 7.42. The first kappa shape index (κ1) is 13.6. The molecule has 0 spiro atoms. The third-order valence-electron chi connectivity index (χ3n) is 3.87. The average Bonchev–Trinajstić information content (AvgIpc) is 2.95. The van der Waals surface area contributed by atoms with Gasteiger partial charge in [0, 0.05) is 25.2 Å². The van der Waals surface area contributed by atoms with Gasteiger partial charge >= 0.3 is 5.69 Å². The summed E-state index contributed by atoms with van der Waals surface area (Å²) >= 11 is 0. The number of aromatic nitrogens is 4. The minimum atomic E-state index is -0.269. The molecule has 1 amide bonds. The van der Waals surface area contributed by atoms with Crippen molar-refractivity contribution in [2.45, 2.75) is 33.9 Å². The van der Waals surface area contributed by atoms with Crippen LogP contribution in [0.2, 0.25) is 0 Å². The molecule has 0 N–H and O–H groups in total. The molecule has 0 bridgehead atoms. The van der Waals surface area contributed by atoms with Gasteiger partial charge in [-0.3, -0.25) is 9.36 Å².